The van der Waals surface area contributed by atoms with Crippen molar-refractivity contribution in [3.8, 4) is 0 Å². The van der Waals surface area contributed by atoms with E-state index in [1.54, 1.807) is 12.1 Å². The van der Waals surface area contributed by atoms with Crippen LogP contribution in [0, 0.1) is 0 Å². The van der Waals surface area contributed by atoms with Gasteiger partial charge in [0.25, 0.3) is 0 Å². The van der Waals surface area contributed by atoms with Crippen molar-refractivity contribution < 1.29 is 9.90 Å². The van der Waals surface area contributed by atoms with E-state index in [1.165, 1.54) is 6.20 Å². The summed E-state index contributed by atoms with van der Waals surface area (Å²) in [5, 5.41) is 21.8. The summed E-state index contributed by atoms with van der Waals surface area (Å²) >= 11 is 18.7. The van der Waals surface area contributed by atoms with Gasteiger partial charge in [-0.15, -0.1) is 0 Å². The molecule has 34 heavy (non-hydrogen) atoms. The number of aliphatic hydroxyl groups excluding tert-OH is 1. The Morgan fingerprint density at radius 2 is 2.12 bits per heavy atom. The molecule has 2 saturated heterocycles. The fourth-order valence-electron chi connectivity index (χ4n) is 4.44. The summed E-state index contributed by atoms with van der Waals surface area (Å²) in [7, 11) is 0. The number of anilines is 2. The van der Waals surface area contributed by atoms with E-state index in [1.807, 2.05) is 24.8 Å². The summed E-state index contributed by atoms with van der Waals surface area (Å²) < 4.78 is 0. The lowest BCUT2D eigenvalue weighted by atomic mass is 9.96. The van der Waals surface area contributed by atoms with E-state index in [2.05, 4.69) is 25.9 Å². The zero-order valence-electron chi connectivity index (χ0n) is 19.1. The minimum absolute atomic E-state index is 0.0634. The third-order valence-corrected chi connectivity index (χ3v) is 7.40. The van der Waals surface area contributed by atoms with Crippen LogP contribution in [0.15, 0.2) is 24.4 Å². The molecule has 3 heterocycles. The maximum Gasteiger partial charge on any atom is 0.240 e. The number of halogens is 3. The Balaban J connectivity index is 1.41. The number of aliphatic hydroxyl groups is 1. The van der Waals surface area contributed by atoms with Crippen molar-refractivity contribution in [3.05, 3.63) is 45.0 Å². The Hall–Kier alpha value is -1.84. The zero-order valence-corrected chi connectivity index (χ0v) is 21.4. The number of benzene rings is 1. The molecule has 2 fully saturated rings. The van der Waals surface area contributed by atoms with Gasteiger partial charge in [-0.2, -0.15) is 4.98 Å². The van der Waals surface area contributed by atoms with Crippen molar-refractivity contribution >= 4 is 52.5 Å². The topological polar surface area (TPSA) is 102 Å². The van der Waals surface area contributed by atoms with Crippen LogP contribution < -0.4 is 20.9 Å². The maximum atomic E-state index is 12.7. The number of aromatic nitrogens is 2. The van der Waals surface area contributed by atoms with Crippen LogP contribution >= 0.6 is 34.8 Å². The monoisotopic (exact) mass is 526 g/mol. The molecule has 8 nitrogen and oxygen atoms in total. The summed E-state index contributed by atoms with van der Waals surface area (Å²) in [5.41, 5.74) is 0.292. The van der Waals surface area contributed by atoms with Gasteiger partial charge in [-0.3, -0.25) is 4.79 Å². The first-order valence-electron chi connectivity index (χ1n) is 11.4. The lowest BCUT2D eigenvalue weighted by Crippen LogP contribution is -2.60. The molecule has 4 N–H and O–H groups in total. The van der Waals surface area contributed by atoms with Crippen LogP contribution in [0.1, 0.15) is 44.7 Å². The molecule has 2 aromatic rings. The second-order valence-corrected chi connectivity index (χ2v) is 10.4. The van der Waals surface area contributed by atoms with Crippen LogP contribution in [0.2, 0.25) is 15.1 Å². The second kappa shape index (κ2) is 10.4. The summed E-state index contributed by atoms with van der Waals surface area (Å²) in [6, 6.07) is 4.83. The van der Waals surface area contributed by atoms with Gasteiger partial charge in [0.2, 0.25) is 11.9 Å². The highest BCUT2D eigenvalue weighted by atomic mass is 35.5. The lowest BCUT2D eigenvalue weighted by Gasteiger charge is -2.37. The number of carbonyl (C=O) groups excluding carboxylic acids is 1. The fourth-order valence-corrected chi connectivity index (χ4v) is 5.16. The van der Waals surface area contributed by atoms with Crippen molar-refractivity contribution in [2.24, 2.45) is 0 Å². The number of amides is 1. The SMILES string of the molecule is C[C@@H](Nc1nc(N2CC[C@H](NC(=O)[C@@]3(C)CCCN3)[C@@H](O)C2)ncc1Cl)c1ccc(Cl)cc1Cl. The Kier molecular flexibility index (Phi) is 7.74. The summed E-state index contributed by atoms with van der Waals surface area (Å²) in [4.78, 5) is 23.6. The lowest BCUT2D eigenvalue weighted by molar-refractivity contribution is -0.128. The number of piperidine rings is 1. The molecule has 2 aliphatic rings. The number of hydrogen-bond donors (Lipinski definition) is 4. The van der Waals surface area contributed by atoms with Gasteiger partial charge in [-0.25, -0.2) is 4.98 Å². The second-order valence-electron chi connectivity index (χ2n) is 9.14. The third-order valence-electron chi connectivity index (χ3n) is 6.56. The van der Waals surface area contributed by atoms with Crippen molar-refractivity contribution in [3.63, 3.8) is 0 Å². The Bertz CT molecular complexity index is 1050. The van der Waals surface area contributed by atoms with Crippen molar-refractivity contribution in [1.82, 2.24) is 20.6 Å². The van der Waals surface area contributed by atoms with Gasteiger partial charge in [-0.05, 0) is 57.4 Å². The average molecular weight is 528 g/mol. The molecule has 0 radical (unpaired) electrons. The summed E-state index contributed by atoms with van der Waals surface area (Å²) in [6.07, 6.45) is 3.13. The highest BCUT2D eigenvalue weighted by Crippen LogP contribution is 2.31. The molecule has 0 saturated carbocycles. The molecule has 11 heteroatoms. The van der Waals surface area contributed by atoms with Crippen molar-refractivity contribution in [2.75, 3.05) is 29.9 Å². The Morgan fingerprint density at radius 3 is 2.79 bits per heavy atom. The zero-order chi connectivity index (χ0) is 24.5. The average Bonchev–Trinajstić information content (AvgIpc) is 3.24. The van der Waals surface area contributed by atoms with E-state index in [0.717, 1.165) is 24.9 Å². The molecule has 1 amide bonds. The fraction of sp³-hybridized carbons (Fsp3) is 0.522. The van der Waals surface area contributed by atoms with Gasteiger partial charge in [0.05, 0.1) is 29.9 Å². The highest BCUT2D eigenvalue weighted by Gasteiger charge is 2.39. The first-order chi connectivity index (χ1) is 16.2. The molecule has 1 aromatic carbocycles. The molecule has 2 aliphatic heterocycles. The number of hydrogen-bond acceptors (Lipinski definition) is 7. The largest absolute Gasteiger partial charge is 0.389 e. The van der Waals surface area contributed by atoms with Crippen LogP contribution in [0.4, 0.5) is 11.8 Å². The smallest absolute Gasteiger partial charge is 0.240 e. The van der Waals surface area contributed by atoms with E-state index in [-0.39, 0.29) is 18.0 Å². The predicted molar refractivity (Wildman–Crippen MR) is 136 cm³/mol. The molecular formula is C23H29Cl3N6O2. The van der Waals surface area contributed by atoms with Crippen LogP contribution in [-0.4, -0.2) is 58.3 Å². The molecule has 4 rings (SSSR count). The third kappa shape index (κ3) is 5.52. The number of carbonyl (C=O) groups is 1. The molecule has 0 unspecified atom stereocenters. The van der Waals surface area contributed by atoms with E-state index < -0.39 is 11.6 Å². The van der Waals surface area contributed by atoms with Gasteiger partial charge in [0.1, 0.15) is 5.02 Å². The first kappa shape index (κ1) is 25.3. The van der Waals surface area contributed by atoms with Crippen LogP contribution in [0.3, 0.4) is 0 Å². The summed E-state index contributed by atoms with van der Waals surface area (Å²) in [6.45, 7) is 5.58. The molecule has 1 aromatic heterocycles. The quantitative estimate of drug-likeness (QED) is 0.453. The van der Waals surface area contributed by atoms with Gasteiger partial charge in [0, 0.05) is 23.1 Å². The van der Waals surface area contributed by atoms with Gasteiger partial charge < -0.3 is 26.0 Å². The Labute approximate surface area is 214 Å². The van der Waals surface area contributed by atoms with Crippen LogP contribution in [0.25, 0.3) is 0 Å². The summed E-state index contributed by atoms with van der Waals surface area (Å²) in [5.74, 6) is 0.858. The van der Waals surface area contributed by atoms with Crippen LogP contribution in [-0.2, 0) is 4.79 Å². The molecule has 4 atom stereocenters. The minimum atomic E-state index is -0.745. The van der Waals surface area contributed by atoms with Gasteiger partial charge >= 0.3 is 0 Å². The van der Waals surface area contributed by atoms with Crippen LogP contribution in [0.5, 0.6) is 0 Å². The van der Waals surface area contributed by atoms with E-state index in [4.69, 9.17) is 34.8 Å². The van der Waals surface area contributed by atoms with Crippen molar-refractivity contribution in [2.45, 2.75) is 56.8 Å². The van der Waals surface area contributed by atoms with Gasteiger partial charge in [0.15, 0.2) is 5.82 Å². The number of β-amino-alcohol motifs (C(OH)–C–C–N with tert-alkyl or cyclic N) is 1. The molecule has 0 bridgehead atoms. The molecular weight excluding hydrogens is 499 g/mol. The van der Waals surface area contributed by atoms with Gasteiger partial charge in [-0.1, -0.05) is 40.9 Å². The number of nitrogens with zero attached hydrogens (tertiary/aromatic N) is 3. The number of nitrogens with one attached hydrogen (secondary N) is 3. The molecule has 184 valence electrons. The van der Waals surface area contributed by atoms with Crippen molar-refractivity contribution in [1.29, 1.82) is 0 Å². The minimum Gasteiger partial charge on any atom is -0.389 e. The van der Waals surface area contributed by atoms with E-state index >= 15 is 0 Å². The predicted octanol–water partition coefficient (Wildman–Crippen LogP) is 3.81. The standard InChI is InChI=1S/C23H29Cl3N6O2/c1-13(15-5-4-14(24)10-16(15)25)29-20-17(26)11-27-22(31-20)32-9-6-18(19(33)12-32)30-21(34)23(2)7-3-8-28-23/h4-5,10-11,13,18-19,28,33H,3,6-9,12H2,1-2H3,(H,30,34)(H,27,29,31)/t13-,18+,19+,23-/m1/s1. The molecule has 0 spiro atoms. The van der Waals surface area contributed by atoms with E-state index in [0.29, 0.717) is 46.3 Å². The first-order valence-corrected chi connectivity index (χ1v) is 12.5. The normalized spacial score (nSPS) is 25.8. The number of rotatable bonds is 6. The maximum absolute atomic E-state index is 12.7. The highest BCUT2D eigenvalue weighted by molar-refractivity contribution is 6.35. The Morgan fingerprint density at radius 1 is 1.32 bits per heavy atom. The van der Waals surface area contributed by atoms with E-state index in [9.17, 15) is 9.90 Å². The molecule has 0 aliphatic carbocycles.